The van der Waals surface area contributed by atoms with Crippen LogP contribution in [0.25, 0.3) is 10.9 Å². The number of nitrogens with zero attached hydrogens (tertiary/aromatic N) is 3. The molecule has 0 fully saturated rings. The van der Waals surface area contributed by atoms with Gasteiger partial charge in [0.05, 0.1) is 10.4 Å². The van der Waals surface area contributed by atoms with Crippen molar-refractivity contribution in [2.75, 3.05) is 5.32 Å². The molecule has 0 spiro atoms. The van der Waals surface area contributed by atoms with Gasteiger partial charge in [-0.3, -0.25) is 10.1 Å². The van der Waals surface area contributed by atoms with E-state index in [-0.39, 0.29) is 10.7 Å². The monoisotopic (exact) mass is 348 g/mol. The van der Waals surface area contributed by atoms with Gasteiger partial charge in [0.2, 0.25) is 0 Å². The molecule has 0 saturated carbocycles. The second kappa shape index (κ2) is 6.36. The summed E-state index contributed by atoms with van der Waals surface area (Å²) < 4.78 is 0. The van der Waals surface area contributed by atoms with Gasteiger partial charge in [0.15, 0.2) is 0 Å². The zero-order valence-electron chi connectivity index (χ0n) is 11.7. The number of fused-ring (bicyclic) bond motifs is 1. The van der Waals surface area contributed by atoms with Crippen LogP contribution in [0.3, 0.4) is 0 Å². The van der Waals surface area contributed by atoms with Gasteiger partial charge in [-0.2, -0.15) is 0 Å². The van der Waals surface area contributed by atoms with Crippen molar-refractivity contribution >= 4 is 45.6 Å². The van der Waals surface area contributed by atoms with Crippen molar-refractivity contribution in [2.45, 2.75) is 6.54 Å². The van der Waals surface area contributed by atoms with Crippen LogP contribution in [0.5, 0.6) is 0 Å². The van der Waals surface area contributed by atoms with Crippen molar-refractivity contribution in [2.24, 2.45) is 0 Å². The van der Waals surface area contributed by atoms with Crippen LogP contribution in [0.4, 0.5) is 11.5 Å². The summed E-state index contributed by atoms with van der Waals surface area (Å²) >= 11 is 11.8. The van der Waals surface area contributed by atoms with Gasteiger partial charge in [0, 0.05) is 23.0 Å². The van der Waals surface area contributed by atoms with E-state index < -0.39 is 4.92 Å². The van der Waals surface area contributed by atoms with Crippen LogP contribution in [0.15, 0.2) is 42.7 Å². The first-order valence-corrected chi connectivity index (χ1v) is 7.37. The standard InChI is InChI=1S/C15H10Cl2N4O2/c16-10-3-1-9(2-4-10)7-18-15-11-5-14(21(22)23)12(17)6-13(11)19-8-20-15/h1-6,8H,7H2,(H,18,19,20). The van der Waals surface area contributed by atoms with E-state index in [1.54, 1.807) is 12.1 Å². The molecule has 0 aliphatic carbocycles. The van der Waals surface area contributed by atoms with Crippen molar-refractivity contribution < 1.29 is 4.92 Å². The molecule has 8 heteroatoms. The molecule has 0 bridgehead atoms. The third kappa shape index (κ3) is 3.33. The van der Waals surface area contributed by atoms with E-state index in [1.165, 1.54) is 18.5 Å². The van der Waals surface area contributed by atoms with E-state index in [0.717, 1.165) is 5.56 Å². The molecule has 3 rings (SSSR count). The lowest BCUT2D eigenvalue weighted by Gasteiger charge is -2.09. The van der Waals surface area contributed by atoms with Gasteiger partial charge >= 0.3 is 0 Å². The van der Waals surface area contributed by atoms with Gasteiger partial charge in [0.25, 0.3) is 5.69 Å². The minimum atomic E-state index is -0.530. The molecule has 0 radical (unpaired) electrons. The number of anilines is 1. The van der Waals surface area contributed by atoms with E-state index >= 15 is 0 Å². The molecule has 1 N–H and O–H groups in total. The Morgan fingerprint density at radius 2 is 1.87 bits per heavy atom. The zero-order valence-corrected chi connectivity index (χ0v) is 13.2. The average Bonchev–Trinajstić information content (AvgIpc) is 2.53. The number of halogens is 2. The first-order chi connectivity index (χ1) is 11.0. The summed E-state index contributed by atoms with van der Waals surface area (Å²) in [5, 5.41) is 15.4. The molecule has 0 aliphatic rings. The molecule has 0 amide bonds. The van der Waals surface area contributed by atoms with Crippen LogP contribution in [-0.4, -0.2) is 14.9 Å². The number of benzene rings is 2. The number of nitrogens with one attached hydrogen (secondary N) is 1. The predicted octanol–water partition coefficient (Wildman–Crippen LogP) is 4.46. The maximum atomic E-state index is 11.0. The Morgan fingerprint density at radius 1 is 1.13 bits per heavy atom. The molecule has 6 nitrogen and oxygen atoms in total. The summed E-state index contributed by atoms with van der Waals surface area (Å²) in [6.45, 7) is 0.500. The summed E-state index contributed by atoms with van der Waals surface area (Å²) in [7, 11) is 0. The minimum Gasteiger partial charge on any atom is -0.365 e. The zero-order chi connectivity index (χ0) is 16.4. The highest BCUT2D eigenvalue weighted by Crippen LogP contribution is 2.31. The first kappa shape index (κ1) is 15.5. The van der Waals surface area contributed by atoms with Gasteiger partial charge in [-0.1, -0.05) is 35.3 Å². The lowest BCUT2D eigenvalue weighted by atomic mass is 10.2. The number of aromatic nitrogens is 2. The Morgan fingerprint density at radius 3 is 2.57 bits per heavy atom. The summed E-state index contributed by atoms with van der Waals surface area (Å²) in [5.41, 5.74) is 1.36. The number of nitro benzene ring substituents is 1. The predicted molar refractivity (Wildman–Crippen MR) is 90.0 cm³/mol. The third-order valence-corrected chi connectivity index (χ3v) is 3.83. The fourth-order valence-electron chi connectivity index (χ4n) is 2.13. The average molecular weight is 349 g/mol. The van der Waals surface area contributed by atoms with E-state index in [9.17, 15) is 10.1 Å². The Hall–Kier alpha value is -2.44. The molecule has 0 aliphatic heterocycles. The highest BCUT2D eigenvalue weighted by molar-refractivity contribution is 6.33. The Balaban J connectivity index is 1.95. The van der Waals surface area contributed by atoms with Gasteiger partial charge in [-0.15, -0.1) is 0 Å². The van der Waals surface area contributed by atoms with Crippen molar-refractivity contribution in [3.63, 3.8) is 0 Å². The number of rotatable bonds is 4. The minimum absolute atomic E-state index is 0.0462. The SMILES string of the molecule is O=[N+]([O-])c1cc2c(NCc3ccc(Cl)cc3)ncnc2cc1Cl. The van der Waals surface area contributed by atoms with Crippen molar-refractivity contribution in [1.29, 1.82) is 0 Å². The molecule has 0 atom stereocenters. The van der Waals surface area contributed by atoms with E-state index in [1.807, 2.05) is 12.1 Å². The maximum absolute atomic E-state index is 11.0. The molecular formula is C15H10Cl2N4O2. The van der Waals surface area contributed by atoms with Crippen molar-refractivity contribution in [3.05, 3.63) is 68.4 Å². The second-order valence-corrected chi connectivity index (χ2v) is 5.62. The number of hydrogen-bond acceptors (Lipinski definition) is 5. The van der Waals surface area contributed by atoms with Crippen LogP contribution < -0.4 is 5.32 Å². The molecule has 116 valence electrons. The molecule has 0 saturated heterocycles. The lowest BCUT2D eigenvalue weighted by molar-refractivity contribution is -0.384. The molecule has 2 aromatic carbocycles. The van der Waals surface area contributed by atoms with Gasteiger partial charge in [-0.25, -0.2) is 9.97 Å². The van der Waals surface area contributed by atoms with Crippen LogP contribution in [0.2, 0.25) is 10.0 Å². The van der Waals surface area contributed by atoms with Crippen LogP contribution in [0.1, 0.15) is 5.56 Å². The molecule has 0 unspecified atom stereocenters. The fraction of sp³-hybridized carbons (Fsp3) is 0.0667. The summed E-state index contributed by atoms with van der Waals surface area (Å²) in [6, 6.07) is 10.2. The lowest BCUT2D eigenvalue weighted by Crippen LogP contribution is -2.03. The smallest absolute Gasteiger partial charge is 0.288 e. The fourth-order valence-corrected chi connectivity index (χ4v) is 2.49. The largest absolute Gasteiger partial charge is 0.365 e. The normalized spacial score (nSPS) is 10.7. The highest BCUT2D eigenvalue weighted by atomic mass is 35.5. The third-order valence-electron chi connectivity index (χ3n) is 3.27. The van der Waals surface area contributed by atoms with E-state index in [4.69, 9.17) is 23.2 Å². The van der Waals surface area contributed by atoms with Crippen molar-refractivity contribution in [3.8, 4) is 0 Å². The Labute approximate surface area is 141 Å². The number of nitro groups is 1. The Bertz CT molecular complexity index is 885. The van der Waals surface area contributed by atoms with E-state index in [0.29, 0.717) is 28.3 Å². The topological polar surface area (TPSA) is 81.0 Å². The van der Waals surface area contributed by atoms with E-state index in [2.05, 4.69) is 15.3 Å². The van der Waals surface area contributed by atoms with Gasteiger partial charge < -0.3 is 5.32 Å². The maximum Gasteiger partial charge on any atom is 0.288 e. The van der Waals surface area contributed by atoms with Gasteiger partial charge in [0.1, 0.15) is 17.2 Å². The Kier molecular flexibility index (Phi) is 4.27. The van der Waals surface area contributed by atoms with Gasteiger partial charge in [-0.05, 0) is 23.8 Å². The molecular weight excluding hydrogens is 339 g/mol. The van der Waals surface area contributed by atoms with Crippen LogP contribution in [0, 0.1) is 10.1 Å². The molecule has 3 aromatic rings. The second-order valence-electron chi connectivity index (χ2n) is 4.78. The quantitative estimate of drug-likeness (QED) is 0.556. The van der Waals surface area contributed by atoms with Crippen LogP contribution in [-0.2, 0) is 6.54 Å². The summed E-state index contributed by atoms with van der Waals surface area (Å²) in [4.78, 5) is 18.8. The molecule has 1 heterocycles. The van der Waals surface area contributed by atoms with Crippen LogP contribution >= 0.6 is 23.2 Å². The summed E-state index contributed by atoms with van der Waals surface area (Å²) in [5.74, 6) is 0.504. The summed E-state index contributed by atoms with van der Waals surface area (Å²) in [6.07, 6.45) is 1.38. The molecule has 23 heavy (non-hydrogen) atoms. The first-order valence-electron chi connectivity index (χ1n) is 6.61. The molecule has 1 aromatic heterocycles. The highest BCUT2D eigenvalue weighted by Gasteiger charge is 2.16. The van der Waals surface area contributed by atoms with Crippen molar-refractivity contribution in [1.82, 2.24) is 9.97 Å². The number of hydrogen-bond donors (Lipinski definition) is 1.